The third kappa shape index (κ3) is 3.34. The van der Waals surface area contributed by atoms with E-state index in [2.05, 4.69) is 5.32 Å². The van der Waals surface area contributed by atoms with Gasteiger partial charge in [-0.25, -0.2) is 0 Å². The molecule has 1 saturated heterocycles. The van der Waals surface area contributed by atoms with Crippen molar-refractivity contribution in [3.63, 3.8) is 0 Å². The Morgan fingerprint density at radius 3 is 2.67 bits per heavy atom. The molecule has 0 bridgehead atoms. The summed E-state index contributed by atoms with van der Waals surface area (Å²) in [5.41, 5.74) is 0. The van der Waals surface area contributed by atoms with Crippen LogP contribution < -0.4 is 5.32 Å². The van der Waals surface area contributed by atoms with Gasteiger partial charge in [0.15, 0.2) is 0 Å². The van der Waals surface area contributed by atoms with Crippen LogP contribution in [0.3, 0.4) is 0 Å². The zero-order valence-corrected chi connectivity index (χ0v) is 12.2. The van der Waals surface area contributed by atoms with Gasteiger partial charge in [-0.05, 0) is 19.8 Å². The Hall–Kier alpha value is -1.63. The lowest BCUT2D eigenvalue weighted by Crippen LogP contribution is -2.57. The number of carbonyl (C=O) groups is 3. The number of likely N-dealkylation sites (N-methyl/N-ethyl adjacent to an activating group) is 1. The van der Waals surface area contributed by atoms with Crippen LogP contribution in [0.15, 0.2) is 0 Å². The smallest absolute Gasteiger partial charge is 0.307 e. The Morgan fingerprint density at radius 2 is 2.00 bits per heavy atom. The minimum absolute atomic E-state index is 0.169. The second kappa shape index (κ2) is 6.89. The SMILES string of the molecule is CCNC(=O)C1COCCN1C(=O)[C@@H]1CCC[C@@H]1C(=O)O. The molecule has 1 unspecified atom stereocenters. The molecule has 0 aromatic rings. The highest BCUT2D eigenvalue weighted by Crippen LogP contribution is 2.34. The van der Waals surface area contributed by atoms with Crippen LogP contribution in [0, 0.1) is 11.8 Å². The Kier molecular flexibility index (Phi) is 5.17. The number of carboxylic acid groups (broad SMARTS) is 1. The van der Waals surface area contributed by atoms with Crippen molar-refractivity contribution in [2.24, 2.45) is 11.8 Å². The van der Waals surface area contributed by atoms with Gasteiger partial charge in [0.05, 0.1) is 25.0 Å². The van der Waals surface area contributed by atoms with E-state index in [0.29, 0.717) is 32.5 Å². The number of carbonyl (C=O) groups excluding carboxylic acids is 2. The Labute approximate surface area is 123 Å². The molecule has 0 aromatic carbocycles. The molecule has 21 heavy (non-hydrogen) atoms. The van der Waals surface area contributed by atoms with Gasteiger partial charge < -0.3 is 20.1 Å². The summed E-state index contributed by atoms with van der Waals surface area (Å²) >= 11 is 0. The first-order valence-electron chi connectivity index (χ1n) is 7.45. The highest BCUT2D eigenvalue weighted by molar-refractivity contribution is 5.91. The Morgan fingerprint density at radius 1 is 1.29 bits per heavy atom. The van der Waals surface area contributed by atoms with Crippen molar-refractivity contribution in [1.82, 2.24) is 10.2 Å². The second-order valence-electron chi connectivity index (χ2n) is 5.50. The zero-order chi connectivity index (χ0) is 15.4. The molecule has 2 fully saturated rings. The maximum absolute atomic E-state index is 12.7. The first-order valence-corrected chi connectivity index (χ1v) is 7.45. The highest BCUT2D eigenvalue weighted by atomic mass is 16.5. The maximum Gasteiger partial charge on any atom is 0.307 e. The van der Waals surface area contributed by atoms with E-state index in [9.17, 15) is 19.5 Å². The normalized spacial score (nSPS) is 29.2. The molecule has 0 aromatic heterocycles. The largest absolute Gasteiger partial charge is 0.481 e. The number of rotatable bonds is 4. The number of aliphatic carboxylic acids is 1. The maximum atomic E-state index is 12.7. The number of ether oxygens (including phenoxy) is 1. The van der Waals surface area contributed by atoms with Crippen LogP contribution in [0.2, 0.25) is 0 Å². The first-order chi connectivity index (χ1) is 10.1. The van der Waals surface area contributed by atoms with Crippen molar-refractivity contribution in [2.45, 2.75) is 32.2 Å². The second-order valence-corrected chi connectivity index (χ2v) is 5.50. The number of amides is 2. The molecule has 7 heteroatoms. The molecule has 2 aliphatic rings. The van der Waals surface area contributed by atoms with Crippen LogP contribution in [0.1, 0.15) is 26.2 Å². The molecule has 2 rings (SSSR count). The van der Waals surface area contributed by atoms with Gasteiger partial charge in [0.25, 0.3) is 0 Å². The summed E-state index contributed by atoms with van der Waals surface area (Å²) in [4.78, 5) is 37.4. The van der Waals surface area contributed by atoms with Crippen molar-refractivity contribution >= 4 is 17.8 Å². The standard InChI is InChI=1S/C14H22N2O5/c1-2-15-12(17)11-8-21-7-6-16(11)13(18)9-4-3-5-10(9)14(19)20/h9-11H,2-8H2,1H3,(H,15,17)(H,19,20)/t9-,10+,11?/m1/s1. The van der Waals surface area contributed by atoms with E-state index in [1.54, 1.807) is 0 Å². The first kappa shape index (κ1) is 15.8. The predicted molar refractivity (Wildman–Crippen MR) is 73.5 cm³/mol. The number of nitrogens with zero attached hydrogens (tertiary/aromatic N) is 1. The summed E-state index contributed by atoms with van der Waals surface area (Å²) in [7, 11) is 0. The fraction of sp³-hybridized carbons (Fsp3) is 0.786. The highest BCUT2D eigenvalue weighted by Gasteiger charge is 2.43. The third-order valence-corrected chi connectivity index (χ3v) is 4.22. The number of hydrogen-bond donors (Lipinski definition) is 2. The summed E-state index contributed by atoms with van der Waals surface area (Å²) in [5, 5.41) is 11.9. The lowest BCUT2D eigenvalue weighted by Gasteiger charge is -2.36. The molecular weight excluding hydrogens is 276 g/mol. The van der Waals surface area contributed by atoms with Gasteiger partial charge in [-0.3, -0.25) is 14.4 Å². The van der Waals surface area contributed by atoms with Crippen LogP contribution in [0.5, 0.6) is 0 Å². The van der Waals surface area contributed by atoms with Gasteiger partial charge in [0, 0.05) is 13.1 Å². The zero-order valence-electron chi connectivity index (χ0n) is 12.2. The summed E-state index contributed by atoms with van der Waals surface area (Å²) in [6.45, 7) is 3.18. The van der Waals surface area contributed by atoms with Crippen LogP contribution >= 0.6 is 0 Å². The van der Waals surface area contributed by atoms with E-state index < -0.39 is 23.8 Å². The van der Waals surface area contributed by atoms with Gasteiger partial charge in [0.1, 0.15) is 6.04 Å². The average Bonchev–Trinajstić information content (AvgIpc) is 2.96. The van der Waals surface area contributed by atoms with Crippen molar-refractivity contribution in [2.75, 3.05) is 26.3 Å². The van der Waals surface area contributed by atoms with Crippen molar-refractivity contribution in [1.29, 1.82) is 0 Å². The average molecular weight is 298 g/mol. The number of morpholine rings is 1. The quantitative estimate of drug-likeness (QED) is 0.752. The van der Waals surface area contributed by atoms with Gasteiger partial charge in [-0.2, -0.15) is 0 Å². The molecule has 1 saturated carbocycles. The Bertz CT molecular complexity index is 426. The summed E-state index contributed by atoms with van der Waals surface area (Å²) < 4.78 is 5.30. The molecule has 3 atom stereocenters. The number of carboxylic acids is 1. The van der Waals surface area contributed by atoms with E-state index in [0.717, 1.165) is 6.42 Å². The van der Waals surface area contributed by atoms with Crippen LogP contribution in [0.4, 0.5) is 0 Å². The van der Waals surface area contributed by atoms with Crippen molar-refractivity contribution in [3.05, 3.63) is 0 Å². The minimum atomic E-state index is -0.923. The van der Waals surface area contributed by atoms with Gasteiger partial charge in [-0.1, -0.05) is 6.42 Å². The topological polar surface area (TPSA) is 95.9 Å². The van der Waals surface area contributed by atoms with Crippen molar-refractivity contribution in [3.8, 4) is 0 Å². The molecule has 1 aliphatic carbocycles. The van der Waals surface area contributed by atoms with E-state index in [4.69, 9.17) is 4.74 Å². The molecule has 0 radical (unpaired) electrons. The van der Waals surface area contributed by atoms with Crippen LogP contribution in [-0.4, -0.2) is 60.1 Å². The summed E-state index contributed by atoms with van der Waals surface area (Å²) in [6, 6.07) is -0.652. The molecular formula is C14H22N2O5. The third-order valence-electron chi connectivity index (χ3n) is 4.22. The number of nitrogens with one attached hydrogen (secondary N) is 1. The summed E-state index contributed by atoms with van der Waals surface area (Å²) in [6.07, 6.45) is 1.85. The molecule has 1 heterocycles. The van der Waals surface area contributed by atoms with E-state index in [1.165, 1.54) is 4.90 Å². The fourth-order valence-corrected chi connectivity index (χ4v) is 3.14. The molecule has 2 amide bonds. The van der Waals surface area contributed by atoms with Crippen LogP contribution in [0.25, 0.3) is 0 Å². The summed E-state index contributed by atoms with van der Waals surface area (Å²) in [5.74, 6) is -2.53. The molecule has 118 valence electrons. The lowest BCUT2D eigenvalue weighted by molar-refractivity contribution is -0.156. The van der Waals surface area contributed by atoms with Gasteiger partial charge >= 0.3 is 5.97 Å². The minimum Gasteiger partial charge on any atom is -0.481 e. The fourth-order valence-electron chi connectivity index (χ4n) is 3.14. The molecule has 0 spiro atoms. The van der Waals surface area contributed by atoms with Crippen molar-refractivity contribution < 1.29 is 24.2 Å². The molecule has 1 aliphatic heterocycles. The lowest BCUT2D eigenvalue weighted by atomic mass is 9.94. The molecule has 2 N–H and O–H groups in total. The van der Waals surface area contributed by atoms with Gasteiger partial charge in [-0.15, -0.1) is 0 Å². The van der Waals surface area contributed by atoms with Gasteiger partial charge in [0.2, 0.25) is 11.8 Å². The van der Waals surface area contributed by atoms with Crippen LogP contribution in [-0.2, 0) is 19.1 Å². The predicted octanol–water partition coefficient (Wildman–Crippen LogP) is -0.149. The Balaban J connectivity index is 2.11. The van der Waals surface area contributed by atoms with E-state index >= 15 is 0 Å². The monoisotopic (exact) mass is 298 g/mol. The number of hydrogen-bond acceptors (Lipinski definition) is 4. The van der Waals surface area contributed by atoms with E-state index in [-0.39, 0.29) is 18.4 Å². The van der Waals surface area contributed by atoms with E-state index in [1.807, 2.05) is 6.92 Å². The molecule has 7 nitrogen and oxygen atoms in total.